The largest absolute Gasteiger partial charge is 0.324 e. The molecule has 1 amide bonds. The quantitative estimate of drug-likeness (QED) is 0.456. The first-order valence-electron chi connectivity index (χ1n) is 5.54. The molecule has 104 valence electrons. The van der Waals surface area contributed by atoms with E-state index in [4.69, 9.17) is 5.84 Å². The second kappa shape index (κ2) is 5.98. The molecule has 0 spiro atoms. The van der Waals surface area contributed by atoms with Gasteiger partial charge in [0, 0.05) is 17.3 Å². The third-order valence-corrected chi connectivity index (χ3v) is 3.18. The van der Waals surface area contributed by atoms with Crippen LogP contribution in [0.2, 0.25) is 0 Å². The van der Waals surface area contributed by atoms with Gasteiger partial charge in [-0.05, 0) is 46.3 Å². The highest BCUT2D eigenvalue weighted by Crippen LogP contribution is 2.23. The fourth-order valence-electron chi connectivity index (χ4n) is 1.53. The zero-order chi connectivity index (χ0) is 14.7. The first kappa shape index (κ1) is 14.4. The molecule has 0 aliphatic heterocycles. The number of hydrogen-bond donors (Lipinski definition) is 3. The minimum atomic E-state index is -0.730. The Morgan fingerprint density at radius 1 is 1.10 bits per heavy atom. The fraction of sp³-hybridized carbons (Fsp3) is 0. The molecule has 2 aromatic rings. The molecule has 0 heterocycles. The Labute approximate surface area is 122 Å². The molecule has 2 rings (SSSR count). The van der Waals surface area contributed by atoms with E-state index in [0.29, 0.717) is 11.3 Å². The van der Waals surface area contributed by atoms with Gasteiger partial charge in [0.1, 0.15) is 11.6 Å². The van der Waals surface area contributed by atoms with E-state index in [2.05, 4.69) is 26.7 Å². The van der Waals surface area contributed by atoms with Crippen molar-refractivity contribution >= 4 is 33.2 Å². The Hall–Kier alpha value is -1.99. The van der Waals surface area contributed by atoms with Crippen molar-refractivity contribution < 1.29 is 13.6 Å². The van der Waals surface area contributed by atoms with E-state index in [1.165, 1.54) is 12.1 Å². The van der Waals surface area contributed by atoms with Gasteiger partial charge in [-0.15, -0.1) is 0 Å². The molecule has 0 atom stereocenters. The molecule has 0 aliphatic carbocycles. The molecule has 2 aromatic carbocycles. The van der Waals surface area contributed by atoms with Crippen LogP contribution in [0.3, 0.4) is 0 Å². The van der Waals surface area contributed by atoms with Gasteiger partial charge >= 0.3 is 0 Å². The Morgan fingerprint density at radius 3 is 2.35 bits per heavy atom. The summed E-state index contributed by atoms with van der Waals surface area (Å²) in [6.45, 7) is 0. The summed E-state index contributed by atoms with van der Waals surface area (Å²) in [4.78, 5) is 11.9. The van der Waals surface area contributed by atoms with E-state index < -0.39 is 17.5 Å². The Kier molecular flexibility index (Phi) is 4.31. The fourth-order valence-corrected chi connectivity index (χ4v) is 1.85. The zero-order valence-electron chi connectivity index (χ0n) is 10.1. The van der Waals surface area contributed by atoms with Crippen molar-refractivity contribution in [1.82, 2.24) is 0 Å². The molecule has 0 fully saturated rings. The summed E-state index contributed by atoms with van der Waals surface area (Å²) in [6.07, 6.45) is 0. The number of carbonyl (C=O) groups is 1. The third-order valence-electron chi connectivity index (χ3n) is 2.57. The lowest BCUT2D eigenvalue weighted by atomic mass is 10.2. The Balaban J connectivity index is 2.20. The molecular weight excluding hydrogens is 332 g/mol. The average Bonchev–Trinajstić information content (AvgIpc) is 2.44. The van der Waals surface area contributed by atoms with Crippen LogP contribution in [0, 0.1) is 11.6 Å². The highest BCUT2D eigenvalue weighted by molar-refractivity contribution is 9.10. The van der Waals surface area contributed by atoms with Crippen molar-refractivity contribution in [1.29, 1.82) is 0 Å². The maximum atomic E-state index is 13.6. The molecule has 0 aromatic heterocycles. The highest BCUT2D eigenvalue weighted by Gasteiger charge is 2.12. The van der Waals surface area contributed by atoms with Crippen LogP contribution in [0.25, 0.3) is 0 Å². The Bertz CT molecular complexity index is 647. The van der Waals surface area contributed by atoms with Gasteiger partial charge in [-0.1, -0.05) is 0 Å². The van der Waals surface area contributed by atoms with Gasteiger partial charge < -0.3 is 10.7 Å². The van der Waals surface area contributed by atoms with Crippen molar-refractivity contribution in [3.8, 4) is 0 Å². The van der Waals surface area contributed by atoms with Gasteiger partial charge in [0.25, 0.3) is 5.91 Å². The van der Waals surface area contributed by atoms with Crippen LogP contribution >= 0.6 is 15.9 Å². The normalized spacial score (nSPS) is 10.2. The van der Waals surface area contributed by atoms with Crippen LogP contribution in [0.1, 0.15) is 10.4 Å². The molecule has 0 unspecified atom stereocenters. The molecule has 0 bridgehead atoms. The summed E-state index contributed by atoms with van der Waals surface area (Å²) < 4.78 is 26.9. The number of nitrogen functional groups attached to an aromatic ring is 1. The van der Waals surface area contributed by atoms with E-state index in [-0.39, 0.29) is 10.2 Å². The van der Waals surface area contributed by atoms with Gasteiger partial charge in [0.05, 0.1) is 10.2 Å². The molecule has 0 saturated carbocycles. The first-order chi connectivity index (χ1) is 9.51. The number of amides is 1. The Morgan fingerprint density at radius 2 is 1.75 bits per heavy atom. The molecule has 0 aliphatic rings. The van der Waals surface area contributed by atoms with E-state index >= 15 is 0 Å². The molecule has 4 N–H and O–H groups in total. The molecule has 20 heavy (non-hydrogen) atoms. The highest BCUT2D eigenvalue weighted by atomic mass is 79.9. The van der Waals surface area contributed by atoms with Gasteiger partial charge in [0.15, 0.2) is 0 Å². The summed E-state index contributed by atoms with van der Waals surface area (Å²) in [5, 5.41) is 2.31. The molecule has 7 heteroatoms. The average molecular weight is 342 g/mol. The van der Waals surface area contributed by atoms with Crippen LogP contribution < -0.4 is 16.6 Å². The summed E-state index contributed by atoms with van der Waals surface area (Å²) in [6, 6.07) is 8.07. The predicted molar refractivity (Wildman–Crippen MR) is 76.3 cm³/mol. The summed E-state index contributed by atoms with van der Waals surface area (Å²) in [7, 11) is 0. The standard InChI is InChI=1S/C13H10BrF2N3O/c14-9-5-11(16)12(6-10(9)15)18-13(20)7-1-3-8(19-17)4-2-7/h1-6,19H,17H2,(H,18,20). The molecular formula is C13H10BrF2N3O. The van der Waals surface area contributed by atoms with E-state index in [0.717, 1.165) is 12.1 Å². The van der Waals surface area contributed by atoms with Crippen molar-refractivity contribution in [2.75, 3.05) is 10.7 Å². The number of hydrazine groups is 1. The second-order valence-electron chi connectivity index (χ2n) is 3.92. The van der Waals surface area contributed by atoms with Crippen molar-refractivity contribution in [2.24, 2.45) is 5.84 Å². The lowest BCUT2D eigenvalue weighted by Crippen LogP contribution is -2.14. The number of benzene rings is 2. The van der Waals surface area contributed by atoms with Gasteiger partial charge in [0.2, 0.25) is 0 Å². The monoisotopic (exact) mass is 341 g/mol. The minimum Gasteiger partial charge on any atom is -0.324 e. The summed E-state index contributed by atoms with van der Waals surface area (Å²) in [5.74, 6) is 3.26. The lowest BCUT2D eigenvalue weighted by Gasteiger charge is -2.08. The second-order valence-corrected chi connectivity index (χ2v) is 4.78. The van der Waals surface area contributed by atoms with E-state index in [1.807, 2.05) is 0 Å². The SMILES string of the molecule is NNc1ccc(C(=O)Nc2cc(F)c(Br)cc2F)cc1. The summed E-state index contributed by atoms with van der Waals surface area (Å²) in [5.41, 5.74) is 3.12. The van der Waals surface area contributed by atoms with Gasteiger partial charge in [-0.2, -0.15) is 0 Å². The number of carbonyl (C=O) groups excluding carboxylic acids is 1. The van der Waals surface area contributed by atoms with Gasteiger partial charge in [-0.3, -0.25) is 10.6 Å². The molecule has 4 nitrogen and oxygen atoms in total. The zero-order valence-corrected chi connectivity index (χ0v) is 11.7. The minimum absolute atomic E-state index is 0.00799. The maximum Gasteiger partial charge on any atom is 0.255 e. The van der Waals surface area contributed by atoms with Crippen molar-refractivity contribution in [3.05, 3.63) is 58.1 Å². The third kappa shape index (κ3) is 3.12. The number of halogens is 3. The van der Waals surface area contributed by atoms with Crippen LogP contribution in [0.5, 0.6) is 0 Å². The smallest absolute Gasteiger partial charge is 0.255 e. The maximum absolute atomic E-state index is 13.6. The number of rotatable bonds is 3. The predicted octanol–water partition coefficient (Wildman–Crippen LogP) is 3.27. The molecule has 0 radical (unpaired) electrons. The topological polar surface area (TPSA) is 67.1 Å². The number of nitrogens with two attached hydrogens (primary N) is 1. The van der Waals surface area contributed by atoms with E-state index in [1.54, 1.807) is 12.1 Å². The van der Waals surface area contributed by atoms with Gasteiger partial charge in [-0.25, -0.2) is 8.78 Å². The van der Waals surface area contributed by atoms with Crippen LogP contribution in [0.15, 0.2) is 40.9 Å². The lowest BCUT2D eigenvalue weighted by molar-refractivity contribution is 0.102. The van der Waals surface area contributed by atoms with Crippen LogP contribution in [-0.2, 0) is 0 Å². The van der Waals surface area contributed by atoms with Crippen LogP contribution in [-0.4, -0.2) is 5.91 Å². The number of anilines is 2. The van der Waals surface area contributed by atoms with Crippen molar-refractivity contribution in [3.63, 3.8) is 0 Å². The number of nitrogens with one attached hydrogen (secondary N) is 2. The van der Waals surface area contributed by atoms with E-state index in [9.17, 15) is 13.6 Å². The first-order valence-corrected chi connectivity index (χ1v) is 6.33. The molecule has 0 saturated heterocycles. The van der Waals surface area contributed by atoms with Crippen LogP contribution in [0.4, 0.5) is 20.2 Å². The van der Waals surface area contributed by atoms with Crippen molar-refractivity contribution in [2.45, 2.75) is 0 Å². The summed E-state index contributed by atoms with van der Waals surface area (Å²) >= 11 is 2.86. The number of hydrogen-bond acceptors (Lipinski definition) is 3.